The number of rotatable bonds is 6. The van der Waals surface area contributed by atoms with Gasteiger partial charge in [0.15, 0.2) is 11.6 Å². The molecule has 0 atom stereocenters. The highest BCUT2D eigenvalue weighted by Crippen LogP contribution is 2.32. The SMILES string of the molecule is CCOc1cc(CCCCN)cc(C(C)(C)C)c1F. The van der Waals surface area contributed by atoms with Crippen LogP contribution < -0.4 is 10.5 Å². The first kappa shape index (κ1) is 16.0. The first-order valence-corrected chi connectivity index (χ1v) is 7.06. The number of benzene rings is 1. The highest BCUT2D eigenvalue weighted by molar-refractivity contribution is 5.39. The molecule has 0 radical (unpaired) electrons. The molecule has 0 aliphatic rings. The Morgan fingerprint density at radius 1 is 1.21 bits per heavy atom. The number of ether oxygens (including phenoxy) is 1. The minimum absolute atomic E-state index is 0.222. The molecule has 0 aromatic heterocycles. The second-order valence-corrected chi connectivity index (χ2v) is 5.88. The fraction of sp³-hybridized carbons (Fsp3) is 0.625. The molecule has 0 amide bonds. The highest BCUT2D eigenvalue weighted by Gasteiger charge is 2.22. The summed E-state index contributed by atoms with van der Waals surface area (Å²) >= 11 is 0. The fourth-order valence-electron chi connectivity index (χ4n) is 2.08. The molecule has 0 spiro atoms. The van der Waals surface area contributed by atoms with Crippen molar-refractivity contribution < 1.29 is 9.13 Å². The molecular weight excluding hydrogens is 241 g/mol. The van der Waals surface area contributed by atoms with Gasteiger partial charge >= 0.3 is 0 Å². The number of unbranched alkanes of at least 4 members (excludes halogenated alkanes) is 1. The Hall–Kier alpha value is -1.09. The smallest absolute Gasteiger partial charge is 0.168 e. The maximum atomic E-state index is 14.4. The lowest BCUT2D eigenvalue weighted by Crippen LogP contribution is -2.15. The van der Waals surface area contributed by atoms with Crippen LogP contribution in [0.4, 0.5) is 4.39 Å². The zero-order chi connectivity index (χ0) is 14.5. The first-order chi connectivity index (χ1) is 8.90. The molecule has 2 N–H and O–H groups in total. The van der Waals surface area contributed by atoms with Gasteiger partial charge in [-0.1, -0.05) is 26.8 Å². The molecule has 0 unspecified atom stereocenters. The Morgan fingerprint density at radius 3 is 2.42 bits per heavy atom. The Morgan fingerprint density at radius 2 is 1.89 bits per heavy atom. The minimum Gasteiger partial charge on any atom is -0.491 e. The quantitative estimate of drug-likeness (QED) is 0.796. The lowest BCUT2D eigenvalue weighted by molar-refractivity contribution is 0.317. The molecule has 0 aliphatic heterocycles. The summed E-state index contributed by atoms with van der Waals surface area (Å²) in [6, 6.07) is 3.79. The number of nitrogens with two attached hydrogens (primary N) is 1. The molecule has 19 heavy (non-hydrogen) atoms. The third-order valence-corrected chi connectivity index (χ3v) is 3.13. The standard InChI is InChI=1S/C16H26FNO/c1-5-19-14-11-12(8-6-7-9-18)10-13(15(14)17)16(2,3)4/h10-11H,5-9,18H2,1-4H3. The lowest BCUT2D eigenvalue weighted by Gasteiger charge is -2.22. The summed E-state index contributed by atoms with van der Waals surface area (Å²) in [4.78, 5) is 0. The van der Waals surface area contributed by atoms with E-state index in [-0.39, 0.29) is 11.2 Å². The molecule has 0 saturated carbocycles. The zero-order valence-corrected chi connectivity index (χ0v) is 12.6. The molecule has 108 valence electrons. The second-order valence-electron chi connectivity index (χ2n) is 5.88. The number of halogens is 1. The van der Waals surface area contributed by atoms with Crippen molar-refractivity contribution in [1.82, 2.24) is 0 Å². The van der Waals surface area contributed by atoms with E-state index in [2.05, 4.69) is 0 Å². The molecule has 2 nitrogen and oxygen atoms in total. The molecule has 0 saturated heterocycles. The largest absolute Gasteiger partial charge is 0.491 e. The van der Waals surface area contributed by atoms with Crippen molar-refractivity contribution in [3.8, 4) is 5.75 Å². The van der Waals surface area contributed by atoms with Crippen LogP contribution in [0.15, 0.2) is 12.1 Å². The van der Waals surface area contributed by atoms with Crippen LogP contribution in [0.25, 0.3) is 0 Å². The third-order valence-electron chi connectivity index (χ3n) is 3.13. The summed E-state index contributed by atoms with van der Waals surface area (Å²) in [6.07, 6.45) is 2.93. The minimum atomic E-state index is -0.225. The third kappa shape index (κ3) is 4.50. The second kappa shape index (κ2) is 6.90. The van der Waals surface area contributed by atoms with Crippen LogP contribution in [0.3, 0.4) is 0 Å². The summed E-state index contributed by atoms with van der Waals surface area (Å²) in [5.74, 6) is 0.148. The molecule has 0 heterocycles. The van der Waals surface area contributed by atoms with Crippen LogP contribution in [0.1, 0.15) is 51.7 Å². The van der Waals surface area contributed by atoms with Crippen molar-refractivity contribution in [2.45, 2.75) is 52.4 Å². The van der Waals surface area contributed by atoms with Crippen LogP contribution in [-0.4, -0.2) is 13.2 Å². The van der Waals surface area contributed by atoms with E-state index >= 15 is 0 Å². The van der Waals surface area contributed by atoms with E-state index in [4.69, 9.17) is 10.5 Å². The van der Waals surface area contributed by atoms with E-state index in [0.717, 1.165) is 30.4 Å². The average Bonchev–Trinajstić information content (AvgIpc) is 2.32. The summed E-state index contributed by atoms with van der Waals surface area (Å²) in [6.45, 7) is 9.11. The molecule has 0 bridgehead atoms. The van der Waals surface area contributed by atoms with E-state index in [1.54, 1.807) is 0 Å². The Balaban J connectivity index is 3.08. The van der Waals surface area contributed by atoms with E-state index in [1.165, 1.54) is 0 Å². The van der Waals surface area contributed by atoms with Gasteiger partial charge in [0, 0.05) is 0 Å². The number of aryl methyl sites for hydroxylation is 1. The molecule has 1 aromatic rings. The van der Waals surface area contributed by atoms with Crippen molar-refractivity contribution in [1.29, 1.82) is 0 Å². The maximum absolute atomic E-state index is 14.4. The van der Waals surface area contributed by atoms with Crippen molar-refractivity contribution in [2.24, 2.45) is 5.73 Å². The molecular formula is C16H26FNO. The van der Waals surface area contributed by atoms with Gasteiger partial charge in [-0.15, -0.1) is 0 Å². The summed E-state index contributed by atoms with van der Waals surface area (Å²) in [5, 5.41) is 0. The van der Waals surface area contributed by atoms with Gasteiger partial charge < -0.3 is 10.5 Å². The number of hydrogen-bond acceptors (Lipinski definition) is 2. The summed E-state index contributed by atoms with van der Waals surface area (Å²) in [7, 11) is 0. The predicted molar refractivity (Wildman–Crippen MR) is 78.3 cm³/mol. The molecule has 0 aliphatic carbocycles. The molecule has 3 heteroatoms. The van der Waals surface area contributed by atoms with Crippen molar-refractivity contribution in [3.63, 3.8) is 0 Å². The van der Waals surface area contributed by atoms with Gasteiger partial charge in [-0.2, -0.15) is 0 Å². The normalized spacial score (nSPS) is 11.7. The van der Waals surface area contributed by atoms with Gasteiger partial charge in [0.25, 0.3) is 0 Å². The predicted octanol–water partition coefficient (Wildman–Crippen LogP) is 3.80. The lowest BCUT2D eigenvalue weighted by atomic mass is 9.85. The van der Waals surface area contributed by atoms with Crippen LogP contribution in [0, 0.1) is 5.82 Å². The fourth-order valence-corrected chi connectivity index (χ4v) is 2.08. The average molecular weight is 267 g/mol. The van der Waals surface area contributed by atoms with E-state index in [9.17, 15) is 4.39 Å². The van der Waals surface area contributed by atoms with Crippen LogP contribution in [0.2, 0.25) is 0 Å². The van der Waals surface area contributed by atoms with Gasteiger partial charge in [0.2, 0.25) is 0 Å². The van der Waals surface area contributed by atoms with E-state index in [0.29, 0.717) is 18.9 Å². The Kier molecular flexibility index (Phi) is 5.80. The van der Waals surface area contributed by atoms with Crippen LogP contribution in [-0.2, 0) is 11.8 Å². The highest BCUT2D eigenvalue weighted by atomic mass is 19.1. The van der Waals surface area contributed by atoms with Gasteiger partial charge in [0.1, 0.15) is 0 Å². The zero-order valence-electron chi connectivity index (χ0n) is 12.6. The van der Waals surface area contributed by atoms with Crippen LogP contribution in [0.5, 0.6) is 5.75 Å². The first-order valence-electron chi connectivity index (χ1n) is 7.06. The Bertz CT molecular complexity index is 410. The van der Waals surface area contributed by atoms with Gasteiger partial charge in [-0.05, 0) is 55.3 Å². The maximum Gasteiger partial charge on any atom is 0.168 e. The van der Waals surface area contributed by atoms with E-state index in [1.807, 2.05) is 39.8 Å². The monoisotopic (exact) mass is 267 g/mol. The van der Waals surface area contributed by atoms with Crippen molar-refractivity contribution in [2.75, 3.05) is 13.2 Å². The van der Waals surface area contributed by atoms with Gasteiger partial charge in [0.05, 0.1) is 6.61 Å². The molecule has 1 rings (SSSR count). The Labute approximate surface area is 116 Å². The van der Waals surface area contributed by atoms with Crippen molar-refractivity contribution in [3.05, 3.63) is 29.1 Å². The summed E-state index contributed by atoms with van der Waals surface area (Å²) in [5.41, 5.74) is 7.14. The molecule has 1 aromatic carbocycles. The van der Waals surface area contributed by atoms with Crippen LogP contribution >= 0.6 is 0 Å². The summed E-state index contributed by atoms with van der Waals surface area (Å²) < 4.78 is 19.8. The topological polar surface area (TPSA) is 35.2 Å². The van der Waals surface area contributed by atoms with Gasteiger partial charge in [-0.3, -0.25) is 0 Å². The van der Waals surface area contributed by atoms with E-state index < -0.39 is 0 Å². The number of hydrogen-bond donors (Lipinski definition) is 1. The molecule has 0 fully saturated rings. The van der Waals surface area contributed by atoms with Crippen molar-refractivity contribution >= 4 is 0 Å². The van der Waals surface area contributed by atoms with Gasteiger partial charge in [-0.25, -0.2) is 4.39 Å².